The van der Waals surface area contributed by atoms with E-state index < -0.39 is 0 Å². The lowest BCUT2D eigenvalue weighted by Crippen LogP contribution is -2.08. The molecule has 0 fully saturated rings. The van der Waals surface area contributed by atoms with Crippen LogP contribution in [-0.4, -0.2) is 14.1 Å². The van der Waals surface area contributed by atoms with Gasteiger partial charge in [0.2, 0.25) is 5.95 Å². The molecule has 0 radical (unpaired) electrons. The van der Waals surface area contributed by atoms with Crippen LogP contribution in [0.2, 0.25) is 0 Å². The van der Waals surface area contributed by atoms with Gasteiger partial charge >= 0.3 is 5.76 Å². The van der Waals surface area contributed by atoms with Crippen LogP contribution in [0.4, 0.5) is 5.95 Å². The highest BCUT2D eigenvalue weighted by Crippen LogP contribution is 2.27. The maximum absolute atomic E-state index is 11.5. The molecule has 0 aliphatic carbocycles. The first kappa shape index (κ1) is 11.6. The van der Waals surface area contributed by atoms with E-state index in [0.717, 1.165) is 22.5 Å². The molecule has 2 heterocycles. The van der Waals surface area contributed by atoms with Crippen LogP contribution in [0.25, 0.3) is 22.4 Å². The topological polar surface area (TPSA) is 79.0 Å². The maximum atomic E-state index is 11.5. The lowest BCUT2D eigenvalue weighted by molar-refractivity contribution is 0.528. The highest BCUT2D eigenvalue weighted by atomic mass is 16.4. The van der Waals surface area contributed by atoms with Gasteiger partial charge in [0.15, 0.2) is 5.58 Å². The summed E-state index contributed by atoms with van der Waals surface area (Å²) in [6, 6.07) is 5.59. The fourth-order valence-electron chi connectivity index (χ4n) is 2.33. The summed E-state index contributed by atoms with van der Waals surface area (Å²) >= 11 is 0. The van der Waals surface area contributed by atoms with Crippen LogP contribution >= 0.6 is 0 Å². The first-order valence-corrected chi connectivity index (χ1v) is 5.88. The van der Waals surface area contributed by atoms with Gasteiger partial charge in [-0.2, -0.15) is 0 Å². The molecule has 0 amide bonds. The van der Waals surface area contributed by atoms with Gasteiger partial charge in [-0.25, -0.2) is 9.78 Å². The Labute approximate surface area is 109 Å². The Balaban J connectivity index is 2.31. The molecule has 0 atom stereocenters. The van der Waals surface area contributed by atoms with Crippen molar-refractivity contribution in [3.05, 3.63) is 34.4 Å². The molecule has 6 nitrogen and oxygen atoms in total. The van der Waals surface area contributed by atoms with E-state index in [1.165, 1.54) is 4.57 Å². The van der Waals surface area contributed by atoms with Crippen molar-refractivity contribution in [2.45, 2.75) is 6.92 Å². The summed E-state index contributed by atoms with van der Waals surface area (Å²) in [5.41, 5.74) is 9.87. The molecule has 0 aliphatic rings. The van der Waals surface area contributed by atoms with E-state index in [1.54, 1.807) is 13.1 Å². The lowest BCUT2D eigenvalue weighted by Gasteiger charge is -2.05. The predicted molar refractivity (Wildman–Crippen MR) is 72.8 cm³/mol. The second-order valence-electron chi connectivity index (χ2n) is 4.57. The number of hydrogen-bond acceptors (Lipinski definition) is 4. The summed E-state index contributed by atoms with van der Waals surface area (Å²) < 4.78 is 8.42. The zero-order valence-electron chi connectivity index (χ0n) is 11.0. The smallest absolute Gasteiger partial charge is 0.408 e. The monoisotopic (exact) mass is 258 g/mol. The number of aryl methyl sites for hydroxylation is 2. The van der Waals surface area contributed by atoms with Crippen molar-refractivity contribution < 1.29 is 4.42 Å². The van der Waals surface area contributed by atoms with E-state index in [-0.39, 0.29) is 5.76 Å². The molecular formula is C13H14N4O2. The van der Waals surface area contributed by atoms with E-state index >= 15 is 0 Å². The molecule has 1 aromatic carbocycles. The van der Waals surface area contributed by atoms with Crippen LogP contribution in [0, 0.1) is 6.92 Å². The minimum absolute atomic E-state index is 0.367. The van der Waals surface area contributed by atoms with Crippen molar-refractivity contribution in [3.8, 4) is 11.3 Å². The third-order valence-corrected chi connectivity index (χ3v) is 3.37. The molecule has 0 saturated carbocycles. The van der Waals surface area contributed by atoms with Gasteiger partial charge in [-0.05, 0) is 25.1 Å². The fraction of sp³-hybridized carbons (Fsp3) is 0.231. The van der Waals surface area contributed by atoms with Gasteiger partial charge in [0, 0.05) is 19.7 Å². The molecule has 0 spiro atoms. The van der Waals surface area contributed by atoms with Crippen molar-refractivity contribution in [3.63, 3.8) is 0 Å². The summed E-state index contributed by atoms with van der Waals surface area (Å²) in [5, 5.41) is 0. The highest BCUT2D eigenvalue weighted by Gasteiger charge is 2.13. The maximum Gasteiger partial charge on any atom is 0.419 e. The molecule has 3 rings (SSSR count). The van der Waals surface area contributed by atoms with Gasteiger partial charge in [0.05, 0.1) is 16.9 Å². The Kier molecular flexibility index (Phi) is 2.28. The number of hydrogen-bond donors (Lipinski definition) is 1. The molecule has 0 saturated heterocycles. The summed E-state index contributed by atoms with van der Waals surface area (Å²) in [6.07, 6.45) is 0. The molecule has 98 valence electrons. The van der Waals surface area contributed by atoms with Crippen molar-refractivity contribution in [1.29, 1.82) is 0 Å². The molecule has 0 bridgehead atoms. The van der Waals surface area contributed by atoms with Gasteiger partial charge in [-0.3, -0.25) is 4.57 Å². The summed E-state index contributed by atoms with van der Waals surface area (Å²) in [4.78, 5) is 15.7. The van der Waals surface area contributed by atoms with E-state index in [9.17, 15) is 4.79 Å². The third-order valence-electron chi connectivity index (χ3n) is 3.37. The van der Waals surface area contributed by atoms with Crippen LogP contribution in [0.5, 0.6) is 0 Å². The number of nitrogen functional groups attached to an aromatic ring is 1. The number of nitrogens with two attached hydrogens (primary N) is 1. The Bertz CT molecular complexity index is 838. The molecule has 19 heavy (non-hydrogen) atoms. The quantitative estimate of drug-likeness (QED) is 0.716. The number of aromatic nitrogens is 3. The number of imidazole rings is 1. The predicted octanol–water partition coefficient (Wildman–Crippen LogP) is 1.42. The highest BCUT2D eigenvalue weighted by molar-refractivity contribution is 5.80. The zero-order chi connectivity index (χ0) is 13.7. The largest absolute Gasteiger partial charge is 0.419 e. The molecule has 2 N–H and O–H groups in total. The second kappa shape index (κ2) is 3.74. The van der Waals surface area contributed by atoms with Crippen LogP contribution in [0.1, 0.15) is 5.69 Å². The average Bonchev–Trinajstić information content (AvgIpc) is 2.78. The first-order chi connectivity index (χ1) is 8.99. The number of fused-ring (bicyclic) bond motifs is 1. The van der Waals surface area contributed by atoms with Crippen molar-refractivity contribution in [2.75, 3.05) is 5.73 Å². The third kappa shape index (κ3) is 1.56. The second-order valence-corrected chi connectivity index (χ2v) is 4.57. The van der Waals surface area contributed by atoms with E-state index in [4.69, 9.17) is 10.2 Å². The number of anilines is 1. The van der Waals surface area contributed by atoms with Crippen LogP contribution < -0.4 is 11.5 Å². The molecule has 0 unspecified atom stereocenters. The molecule has 6 heteroatoms. The minimum Gasteiger partial charge on any atom is -0.408 e. The zero-order valence-corrected chi connectivity index (χ0v) is 11.0. The first-order valence-electron chi connectivity index (χ1n) is 5.88. The van der Waals surface area contributed by atoms with Gasteiger partial charge in [0.1, 0.15) is 0 Å². The SMILES string of the molecule is Cc1nc(N)n(C)c1-c1ccc2oc(=O)n(C)c2c1. The molecule has 3 aromatic rings. The van der Waals surface area contributed by atoms with Gasteiger partial charge in [0.25, 0.3) is 0 Å². The standard InChI is InChI=1S/C13H14N4O2/c1-7-11(17(3)12(14)15-7)8-4-5-10-9(6-8)16(2)13(18)19-10/h4-6H,1-3H3,(H2,14,15). The number of benzene rings is 1. The van der Waals surface area contributed by atoms with Crippen molar-refractivity contribution in [2.24, 2.45) is 14.1 Å². The van der Waals surface area contributed by atoms with Crippen LogP contribution in [0.15, 0.2) is 27.4 Å². The normalized spacial score (nSPS) is 11.3. The number of rotatable bonds is 1. The van der Waals surface area contributed by atoms with E-state index in [2.05, 4.69) is 4.98 Å². The van der Waals surface area contributed by atoms with Gasteiger partial charge in [-0.15, -0.1) is 0 Å². The molecular weight excluding hydrogens is 244 g/mol. The van der Waals surface area contributed by atoms with E-state index in [1.807, 2.05) is 30.7 Å². The minimum atomic E-state index is -0.367. The Morgan fingerprint density at radius 2 is 2.00 bits per heavy atom. The number of nitrogens with zero attached hydrogens (tertiary/aromatic N) is 3. The Hall–Kier alpha value is -2.50. The summed E-state index contributed by atoms with van der Waals surface area (Å²) in [6.45, 7) is 1.91. The van der Waals surface area contributed by atoms with Crippen molar-refractivity contribution >= 4 is 17.0 Å². The molecule has 2 aromatic heterocycles. The Morgan fingerprint density at radius 3 is 2.63 bits per heavy atom. The van der Waals surface area contributed by atoms with Gasteiger partial charge in [-0.1, -0.05) is 0 Å². The number of oxazole rings is 1. The van der Waals surface area contributed by atoms with Crippen molar-refractivity contribution in [1.82, 2.24) is 14.1 Å². The van der Waals surface area contributed by atoms with E-state index in [0.29, 0.717) is 11.5 Å². The summed E-state index contributed by atoms with van der Waals surface area (Å²) in [5.74, 6) is 0.0991. The average molecular weight is 258 g/mol. The van der Waals surface area contributed by atoms with Crippen LogP contribution in [-0.2, 0) is 14.1 Å². The Morgan fingerprint density at radius 1 is 1.26 bits per heavy atom. The lowest BCUT2D eigenvalue weighted by atomic mass is 10.1. The summed E-state index contributed by atoms with van der Waals surface area (Å²) in [7, 11) is 3.55. The molecule has 0 aliphatic heterocycles. The van der Waals surface area contributed by atoms with Gasteiger partial charge < -0.3 is 14.7 Å². The van der Waals surface area contributed by atoms with Crippen LogP contribution in [0.3, 0.4) is 0 Å². The fourth-order valence-corrected chi connectivity index (χ4v) is 2.33.